The van der Waals surface area contributed by atoms with E-state index in [9.17, 15) is 30.0 Å². The molecule has 0 saturated carbocycles. The van der Waals surface area contributed by atoms with Crippen molar-refractivity contribution in [2.45, 2.75) is 83.9 Å². The normalized spacial score (nSPS) is 32.8. The molecule has 9 heteroatoms. The van der Waals surface area contributed by atoms with Gasteiger partial charge >= 0.3 is 0 Å². The Hall–Kier alpha value is -2.56. The predicted octanol–water partition coefficient (Wildman–Crippen LogP) is 2.51. The van der Waals surface area contributed by atoms with Gasteiger partial charge in [-0.1, -0.05) is 39.8 Å². The number of benzene rings is 1. The summed E-state index contributed by atoms with van der Waals surface area (Å²) in [5.74, 6) is 0.286. The summed E-state index contributed by atoms with van der Waals surface area (Å²) in [6.07, 6.45) is -3.78. The number of carbonyl (C=O) groups excluding carboxylic acids is 2. The van der Waals surface area contributed by atoms with E-state index in [1.807, 2.05) is 27.7 Å². The molecule has 5 rings (SSSR count). The van der Waals surface area contributed by atoms with Gasteiger partial charge in [-0.3, -0.25) is 9.59 Å². The maximum atomic E-state index is 13.4. The first-order chi connectivity index (χ1) is 18.3. The second-order valence-corrected chi connectivity index (χ2v) is 12.9. The van der Waals surface area contributed by atoms with Crippen LogP contribution in [-0.4, -0.2) is 69.8 Å². The molecular weight excluding hydrogens is 504 g/mol. The number of allylic oxidation sites excluding steroid dienone is 4. The van der Waals surface area contributed by atoms with E-state index in [1.165, 1.54) is 0 Å². The maximum absolute atomic E-state index is 13.4. The Bertz CT molecular complexity index is 1160. The van der Waals surface area contributed by atoms with Crippen LogP contribution in [0.4, 0.5) is 0 Å². The minimum absolute atomic E-state index is 0.0169. The number of ether oxygens (including phenoxy) is 3. The van der Waals surface area contributed by atoms with Crippen molar-refractivity contribution in [2.75, 3.05) is 13.2 Å². The van der Waals surface area contributed by atoms with Gasteiger partial charge < -0.3 is 34.6 Å². The molecule has 1 fully saturated rings. The van der Waals surface area contributed by atoms with Crippen molar-refractivity contribution in [2.24, 2.45) is 16.7 Å². The number of carbonyl (C=O) groups is 2. The molecule has 0 amide bonds. The third-order valence-corrected chi connectivity index (χ3v) is 8.22. The lowest BCUT2D eigenvalue weighted by atomic mass is 9.65. The van der Waals surface area contributed by atoms with Gasteiger partial charge in [0.25, 0.3) is 0 Å². The van der Waals surface area contributed by atoms with E-state index >= 15 is 0 Å². The van der Waals surface area contributed by atoms with Crippen LogP contribution in [0.1, 0.15) is 64.9 Å². The first-order valence-electron chi connectivity index (χ1n) is 13.5. The lowest BCUT2D eigenvalue weighted by Crippen LogP contribution is -2.46. The number of ketones is 2. The Kier molecular flexibility index (Phi) is 7.26. The summed E-state index contributed by atoms with van der Waals surface area (Å²) in [6, 6.07) is 6.89. The van der Waals surface area contributed by atoms with Crippen molar-refractivity contribution in [3.63, 3.8) is 0 Å². The van der Waals surface area contributed by atoms with Crippen molar-refractivity contribution in [3.05, 3.63) is 52.5 Å². The molecule has 2 heterocycles. The molecule has 0 radical (unpaired) electrons. The topological polar surface area (TPSA) is 143 Å². The highest BCUT2D eigenvalue weighted by molar-refractivity contribution is 6.06. The van der Waals surface area contributed by atoms with Gasteiger partial charge in [-0.15, -0.1) is 0 Å². The van der Waals surface area contributed by atoms with Crippen molar-refractivity contribution in [3.8, 4) is 5.75 Å². The number of hydrogen-bond donors (Lipinski definition) is 4. The molecule has 1 saturated heterocycles. The number of aliphatic hydroxyl groups is 4. The van der Waals surface area contributed by atoms with Crippen molar-refractivity contribution >= 4 is 11.6 Å². The Balaban J connectivity index is 1.46. The fourth-order valence-corrected chi connectivity index (χ4v) is 6.20. The van der Waals surface area contributed by atoms with E-state index < -0.39 is 43.0 Å². The molecule has 4 aliphatic rings. The van der Waals surface area contributed by atoms with E-state index in [0.717, 1.165) is 5.56 Å². The van der Waals surface area contributed by atoms with Gasteiger partial charge in [0, 0.05) is 48.7 Å². The molecule has 0 aromatic heterocycles. The number of rotatable bonds is 4. The predicted molar refractivity (Wildman–Crippen MR) is 139 cm³/mol. The van der Waals surface area contributed by atoms with Gasteiger partial charge in [0.15, 0.2) is 11.6 Å². The third-order valence-electron chi connectivity index (χ3n) is 8.22. The molecule has 2 aliphatic carbocycles. The molecule has 5 unspecified atom stereocenters. The zero-order valence-electron chi connectivity index (χ0n) is 22.8. The molecule has 4 N–H and O–H groups in total. The second kappa shape index (κ2) is 10.1. The molecule has 1 aromatic carbocycles. The maximum Gasteiger partial charge on any atom is 0.228 e. The average molecular weight is 543 g/mol. The Morgan fingerprint density at radius 2 is 1.36 bits per heavy atom. The molecule has 5 atom stereocenters. The van der Waals surface area contributed by atoms with Crippen molar-refractivity contribution < 1.29 is 44.2 Å². The fourth-order valence-electron chi connectivity index (χ4n) is 6.20. The molecule has 0 bridgehead atoms. The van der Waals surface area contributed by atoms with E-state index in [1.54, 1.807) is 24.3 Å². The van der Waals surface area contributed by atoms with Crippen LogP contribution in [0.15, 0.2) is 46.9 Å². The highest BCUT2D eigenvalue weighted by Crippen LogP contribution is 2.53. The summed E-state index contributed by atoms with van der Waals surface area (Å²) in [5.41, 5.74) is 1.37. The first kappa shape index (κ1) is 28.0. The minimum atomic E-state index is -1.56. The first-order valence-corrected chi connectivity index (χ1v) is 13.5. The van der Waals surface area contributed by atoms with E-state index in [0.29, 0.717) is 54.1 Å². The van der Waals surface area contributed by atoms with Crippen LogP contribution in [0, 0.1) is 16.7 Å². The molecule has 2 aliphatic heterocycles. The Morgan fingerprint density at radius 3 is 1.87 bits per heavy atom. The SMILES string of the molecule is CC1(C)CC(=O)C2=C(C1)OC1=C(C(=O)CC(C)(C)C1)C2c1ccc(OC2OCC(CO)C(O)C(O)C2O)cc1. The minimum Gasteiger partial charge on any atom is -0.465 e. The van der Waals surface area contributed by atoms with Crippen LogP contribution in [0.25, 0.3) is 0 Å². The zero-order chi connectivity index (χ0) is 28.3. The summed E-state index contributed by atoms with van der Waals surface area (Å²) in [6.45, 7) is 7.65. The van der Waals surface area contributed by atoms with Gasteiger partial charge in [0.1, 0.15) is 29.5 Å². The van der Waals surface area contributed by atoms with E-state index in [2.05, 4.69) is 0 Å². The van der Waals surface area contributed by atoms with Gasteiger partial charge in [-0.25, -0.2) is 0 Å². The van der Waals surface area contributed by atoms with Crippen LogP contribution in [0.2, 0.25) is 0 Å². The zero-order valence-corrected chi connectivity index (χ0v) is 22.8. The summed E-state index contributed by atoms with van der Waals surface area (Å²) < 4.78 is 17.7. The second-order valence-electron chi connectivity index (χ2n) is 12.9. The molecule has 1 aromatic rings. The quantitative estimate of drug-likeness (QED) is 0.451. The van der Waals surface area contributed by atoms with Gasteiger partial charge in [0.05, 0.1) is 19.3 Å². The van der Waals surface area contributed by atoms with Crippen LogP contribution in [-0.2, 0) is 19.1 Å². The highest BCUT2D eigenvalue weighted by Gasteiger charge is 2.48. The van der Waals surface area contributed by atoms with Crippen molar-refractivity contribution in [1.29, 1.82) is 0 Å². The highest BCUT2D eigenvalue weighted by atomic mass is 16.7. The summed E-state index contributed by atoms with van der Waals surface area (Å²) in [7, 11) is 0. The van der Waals surface area contributed by atoms with Crippen molar-refractivity contribution in [1.82, 2.24) is 0 Å². The lowest BCUT2D eigenvalue weighted by Gasteiger charge is -2.42. The standard InChI is InChI=1S/C30H38O9/c1-29(2)9-18(32)23-20(11-29)39-21-12-30(3,4)10-19(33)24(21)22(23)15-5-7-17(8-6-15)38-28-27(36)26(35)25(34)16(13-31)14-37-28/h5-8,16,22,25-28,31,34-36H,9-14H2,1-4H3. The Morgan fingerprint density at radius 1 is 0.821 bits per heavy atom. The molecule has 212 valence electrons. The monoisotopic (exact) mass is 542 g/mol. The average Bonchev–Trinajstić information content (AvgIpc) is 2.93. The van der Waals surface area contributed by atoms with Gasteiger partial charge in [0.2, 0.25) is 6.29 Å². The molecule has 0 spiro atoms. The molecule has 39 heavy (non-hydrogen) atoms. The van der Waals surface area contributed by atoms with E-state index in [-0.39, 0.29) is 29.0 Å². The smallest absolute Gasteiger partial charge is 0.228 e. The van der Waals surface area contributed by atoms with Crippen LogP contribution in [0.5, 0.6) is 5.75 Å². The molecule has 9 nitrogen and oxygen atoms in total. The third kappa shape index (κ3) is 5.30. The summed E-state index contributed by atoms with van der Waals surface area (Å²) in [5, 5.41) is 40.4. The van der Waals surface area contributed by atoms with Gasteiger partial charge in [-0.05, 0) is 28.5 Å². The number of Topliss-reactive ketones (excluding diaryl/α,β-unsaturated/α-hetero) is 2. The van der Waals surface area contributed by atoms with Crippen LogP contribution < -0.4 is 4.74 Å². The summed E-state index contributed by atoms with van der Waals surface area (Å²) in [4.78, 5) is 26.9. The Labute approximate surface area is 228 Å². The number of hydrogen-bond acceptors (Lipinski definition) is 9. The molecular formula is C30H38O9. The van der Waals surface area contributed by atoms with Gasteiger partial charge in [-0.2, -0.15) is 0 Å². The largest absolute Gasteiger partial charge is 0.465 e. The fraction of sp³-hybridized carbons (Fsp3) is 0.600. The summed E-state index contributed by atoms with van der Waals surface area (Å²) >= 11 is 0. The van der Waals surface area contributed by atoms with E-state index in [4.69, 9.17) is 14.2 Å². The number of aliphatic hydroxyl groups excluding tert-OH is 4. The van der Waals surface area contributed by atoms with Crippen LogP contribution >= 0.6 is 0 Å². The lowest BCUT2D eigenvalue weighted by molar-refractivity contribution is -0.167. The van der Waals surface area contributed by atoms with Crippen LogP contribution in [0.3, 0.4) is 0 Å².